The van der Waals surface area contributed by atoms with E-state index in [1.165, 1.54) is 14.0 Å². The van der Waals surface area contributed by atoms with Crippen LogP contribution in [0.5, 0.6) is 0 Å². The maximum Gasteiger partial charge on any atom is 0.201 e. The summed E-state index contributed by atoms with van der Waals surface area (Å²) >= 11 is 0. The van der Waals surface area contributed by atoms with Crippen molar-refractivity contribution >= 4 is 13.8 Å². The molecule has 0 bridgehead atoms. The predicted octanol–water partition coefficient (Wildman–Crippen LogP) is 2.26. The number of ketones is 1. The molecule has 0 rings (SSSR count). The highest BCUT2D eigenvalue weighted by Crippen LogP contribution is 2.32. The van der Waals surface area contributed by atoms with Gasteiger partial charge in [0.05, 0.1) is 5.66 Å². The molecule has 3 nitrogen and oxygen atoms in total. The van der Waals surface area contributed by atoms with Crippen LogP contribution in [0.1, 0.15) is 33.1 Å². The fourth-order valence-electron chi connectivity index (χ4n) is 1.04. The average molecular weight is 192 g/mol. The van der Waals surface area contributed by atoms with Gasteiger partial charge in [0.25, 0.3) is 0 Å². The Morgan fingerprint density at radius 3 is 2.50 bits per heavy atom. The molecule has 0 aliphatic carbocycles. The standard InChI is InChI=1S/C8H17O3P/c1-4-5-6-8(7(2)9)12(10)11-3/h8,12H,4-6H2,1-3H3. The Morgan fingerprint density at radius 1 is 1.58 bits per heavy atom. The first-order valence-corrected chi connectivity index (χ1v) is 5.61. The molecule has 12 heavy (non-hydrogen) atoms. The predicted molar refractivity (Wildman–Crippen MR) is 50.0 cm³/mol. The number of carbonyl (C=O) groups is 1. The minimum absolute atomic E-state index is 0.0193. The van der Waals surface area contributed by atoms with E-state index in [4.69, 9.17) is 4.52 Å². The van der Waals surface area contributed by atoms with E-state index < -0.39 is 8.03 Å². The third kappa shape index (κ3) is 4.03. The largest absolute Gasteiger partial charge is 0.333 e. The Kier molecular flexibility index (Phi) is 6.31. The number of hydrogen-bond donors (Lipinski definition) is 0. The molecular weight excluding hydrogens is 175 g/mol. The smallest absolute Gasteiger partial charge is 0.201 e. The van der Waals surface area contributed by atoms with Gasteiger partial charge in [-0.25, -0.2) is 0 Å². The van der Waals surface area contributed by atoms with E-state index in [0.717, 1.165) is 12.8 Å². The third-order valence-electron chi connectivity index (χ3n) is 1.82. The molecule has 0 N–H and O–H groups in total. The van der Waals surface area contributed by atoms with Crippen molar-refractivity contribution < 1.29 is 13.9 Å². The van der Waals surface area contributed by atoms with E-state index in [2.05, 4.69) is 0 Å². The summed E-state index contributed by atoms with van der Waals surface area (Å²) < 4.78 is 15.9. The highest BCUT2D eigenvalue weighted by atomic mass is 31.1. The molecule has 0 amide bonds. The van der Waals surface area contributed by atoms with Crippen LogP contribution >= 0.6 is 8.03 Å². The molecule has 0 aromatic carbocycles. The van der Waals surface area contributed by atoms with Gasteiger partial charge in [-0.2, -0.15) is 0 Å². The van der Waals surface area contributed by atoms with E-state index in [9.17, 15) is 9.36 Å². The van der Waals surface area contributed by atoms with E-state index in [1.54, 1.807) is 0 Å². The SMILES string of the molecule is CCCCC(C(C)=O)[PH](=O)OC. The van der Waals surface area contributed by atoms with Gasteiger partial charge in [-0.1, -0.05) is 19.8 Å². The van der Waals surface area contributed by atoms with E-state index in [-0.39, 0.29) is 11.4 Å². The number of Topliss-reactive ketones (excluding diaryl/α,β-unsaturated/α-hetero) is 1. The minimum Gasteiger partial charge on any atom is -0.333 e. The number of carbonyl (C=O) groups excluding carboxylic acids is 1. The molecule has 0 aliphatic heterocycles. The molecule has 72 valence electrons. The summed E-state index contributed by atoms with van der Waals surface area (Å²) in [6, 6.07) is 0. The van der Waals surface area contributed by atoms with Crippen molar-refractivity contribution in [2.24, 2.45) is 0 Å². The Balaban J connectivity index is 4.04. The van der Waals surface area contributed by atoms with Crippen molar-refractivity contribution in [3.63, 3.8) is 0 Å². The number of hydrogen-bond acceptors (Lipinski definition) is 3. The van der Waals surface area contributed by atoms with Crippen LogP contribution in [0.3, 0.4) is 0 Å². The summed E-state index contributed by atoms with van der Waals surface area (Å²) in [5.74, 6) is -0.0193. The van der Waals surface area contributed by atoms with E-state index in [1.807, 2.05) is 6.92 Å². The lowest BCUT2D eigenvalue weighted by atomic mass is 10.1. The van der Waals surface area contributed by atoms with Crippen molar-refractivity contribution in [2.75, 3.05) is 7.11 Å². The Labute approximate surface area is 74.4 Å². The van der Waals surface area contributed by atoms with Crippen LogP contribution in [-0.2, 0) is 13.9 Å². The Hall–Kier alpha value is -0.140. The normalized spacial score (nSPS) is 15.6. The maximum atomic E-state index is 11.2. The van der Waals surface area contributed by atoms with Crippen LogP contribution in [-0.4, -0.2) is 18.6 Å². The van der Waals surface area contributed by atoms with Crippen LogP contribution in [0.25, 0.3) is 0 Å². The second-order valence-corrected chi connectivity index (χ2v) is 4.57. The molecule has 0 aliphatic rings. The second-order valence-electron chi connectivity index (χ2n) is 2.83. The summed E-state index contributed by atoms with van der Waals surface area (Å²) in [6.45, 7) is 3.52. The topological polar surface area (TPSA) is 43.4 Å². The molecule has 0 heterocycles. The molecule has 4 heteroatoms. The van der Waals surface area contributed by atoms with Gasteiger partial charge >= 0.3 is 0 Å². The molecule has 0 fully saturated rings. The van der Waals surface area contributed by atoms with Crippen LogP contribution in [0.4, 0.5) is 0 Å². The number of rotatable bonds is 6. The zero-order chi connectivity index (χ0) is 9.56. The quantitative estimate of drug-likeness (QED) is 0.606. The van der Waals surface area contributed by atoms with Crippen LogP contribution in [0, 0.1) is 0 Å². The molecular formula is C8H17O3P. The second kappa shape index (κ2) is 6.38. The van der Waals surface area contributed by atoms with Gasteiger partial charge in [0.1, 0.15) is 5.78 Å². The Bertz CT molecular complexity index is 168. The van der Waals surface area contributed by atoms with Gasteiger partial charge in [-0.3, -0.25) is 9.36 Å². The molecule has 2 unspecified atom stereocenters. The van der Waals surface area contributed by atoms with Gasteiger partial charge in [-0.05, 0) is 13.3 Å². The average Bonchev–Trinajstić information content (AvgIpc) is 2.04. The van der Waals surface area contributed by atoms with Crippen LogP contribution in [0.15, 0.2) is 0 Å². The first-order valence-electron chi connectivity index (χ1n) is 4.21. The molecule has 0 saturated carbocycles. The summed E-state index contributed by atoms with van der Waals surface area (Å²) in [7, 11) is -0.747. The third-order valence-corrected chi connectivity index (χ3v) is 3.49. The molecule has 0 aromatic heterocycles. The van der Waals surface area contributed by atoms with Gasteiger partial charge < -0.3 is 4.52 Å². The fraction of sp³-hybridized carbons (Fsp3) is 0.875. The zero-order valence-corrected chi connectivity index (χ0v) is 8.92. The first-order chi connectivity index (χ1) is 5.63. The lowest BCUT2D eigenvalue weighted by molar-refractivity contribution is -0.116. The molecule has 0 spiro atoms. The van der Waals surface area contributed by atoms with Gasteiger partial charge in [0, 0.05) is 7.11 Å². The maximum absolute atomic E-state index is 11.2. The highest BCUT2D eigenvalue weighted by Gasteiger charge is 2.20. The molecule has 0 aromatic rings. The fourth-order valence-corrected chi connectivity index (χ4v) is 2.09. The summed E-state index contributed by atoms with van der Waals surface area (Å²) in [6.07, 6.45) is 2.64. The van der Waals surface area contributed by atoms with Crippen LogP contribution < -0.4 is 0 Å². The van der Waals surface area contributed by atoms with Gasteiger partial charge in [0.2, 0.25) is 8.03 Å². The summed E-state index contributed by atoms with van der Waals surface area (Å²) in [4.78, 5) is 11.0. The summed E-state index contributed by atoms with van der Waals surface area (Å²) in [5.41, 5.74) is -0.361. The molecule has 0 radical (unpaired) electrons. The minimum atomic E-state index is -2.14. The first kappa shape index (κ1) is 11.9. The summed E-state index contributed by atoms with van der Waals surface area (Å²) in [5, 5.41) is 0. The van der Waals surface area contributed by atoms with E-state index >= 15 is 0 Å². The lowest BCUT2D eigenvalue weighted by Crippen LogP contribution is -2.13. The Morgan fingerprint density at radius 2 is 2.17 bits per heavy atom. The van der Waals surface area contributed by atoms with Gasteiger partial charge in [0.15, 0.2) is 0 Å². The van der Waals surface area contributed by atoms with Crippen LogP contribution in [0.2, 0.25) is 0 Å². The van der Waals surface area contributed by atoms with Crippen molar-refractivity contribution in [1.29, 1.82) is 0 Å². The van der Waals surface area contributed by atoms with Crippen molar-refractivity contribution in [3.8, 4) is 0 Å². The van der Waals surface area contributed by atoms with Crippen molar-refractivity contribution in [2.45, 2.75) is 38.8 Å². The van der Waals surface area contributed by atoms with Gasteiger partial charge in [-0.15, -0.1) is 0 Å². The molecule has 2 atom stereocenters. The molecule has 0 saturated heterocycles. The van der Waals surface area contributed by atoms with E-state index in [0.29, 0.717) is 6.42 Å². The monoisotopic (exact) mass is 192 g/mol. The number of unbranched alkanes of at least 4 members (excludes halogenated alkanes) is 1. The van der Waals surface area contributed by atoms with Crippen molar-refractivity contribution in [3.05, 3.63) is 0 Å². The highest BCUT2D eigenvalue weighted by molar-refractivity contribution is 7.41. The zero-order valence-electron chi connectivity index (χ0n) is 7.92. The lowest BCUT2D eigenvalue weighted by Gasteiger charge is -2.10. The van der Waals surface area contributed by atoms with Crippen molar-refractivity contribution in [1.82, 2.24) is 0 Å².